The van der Waals surface area contributed by atoms with Crippen molar-refractivity contribution in [3.8, 4) is 0 Å². The number of amidine groups is 1. The van der Waals surface area contributed by atoms with Gasteiger partial charge in [0.15, 0.2) is 0 Å². The standard InChI is InChI=1S/C41H43Cl2N11O5S/c1-21-29(19-47-34(21)39(57)46-13-10-33(44)45)52-41(59)36-23(3)30(20-49-36)53-40(58)35-22(2)28(18-48-35)51-38(56)32-17-25-16-26(6-9-31(25)60-32)50-37(55)24-4-7-27(8-5-24)54(14-11-42)15-12-43/h4-9,16-20,47-49H,10-15H2,1-3H3,(H3,44,45)(H,46,57)(H,50,55)(H,51,56)(H,52,59)(H,53,58). The van der Waals surface area contributed by atoms with E-state index >= 15 is 0 Å². The molecule has 0 fully saturated rings. The summed E-state index contributed by atoms with van der Waals surface area (Å²) in [6, 6.07) is 14.4. The third kappa shape index (κ3) is 9.82. The predicted octanol–water partition coefficient (Wildman–Crippen LogP) is 7.16. The molecule has 5 amide bonds. The van der Waals surface area contributed by atoms with E-state index in [0.29, 0.717) is 74.7 Å². The normalized spacial score (nSPS) is 10.9. The fourth-order valence-corrected chi connectivity index (χ4v) is 7.72. The maximum absolute atomic E-state index is 13.4. The summed E-state index contributed by atoms with van der Waals surface area (Å²) in [5, 5.41) is 22.1. The van der Waals surface area contributed by atoms with E-state index in [0.717, 1.165) is 15.8 Å². The number of rotatable bonds is 17. The zero-order valence-corrected chi connectivity index (χ0v) is 35.2. The Morgan fingerprint density at radius 3 is 1.72 bits per heavy atom. The van der Waals surface area contributed by atoms with Gasteiger partial charge in [-0.25, -0.2) is 0 Å². The smallest absolute Gasteiger partial charge is 0.272 e. The lowest BCUT2D eigenvalue weighted by molar-refractivity contribution is 0.0947. The minimum Gasteiger partial charge on any atom is -0.388 e. The van der Waals surface area contributed by atoms with Gasteiger partial charge in [0.2, 0.25) is 0 Å². The van der Waals surface area contributed by atoms with Gasteiger partial charge in [0.25, 0.3) is 29.5 Å². The van der Waals surface area contributed by atoms with Crippen molar-refractivity contribution in [2.24, 2.45) is 5.73 Å². The maximum atomic E-state index is 13.4. The number of hydrogen-bond donors (Lipinski definition) is 10. The van der Waals surface area contributed by atoms with E-state index < -0.39 is 17.7 Å². The molecule has 4 heterocycles. The van der Waals surface area contributed by atoms with Crippen LogP contribution in [-0.2, 0) is 0 Å². The molecule has 16 nitrogen and oxygen atoms in total. The summed E-state index contributed by atoms with van der Waals surface area (Å²) >= 11 is 13.2. The number of aromatic nitrogens is 3. The minimum absolute atomic E-state index is 0.0420. The Kier molecular flexibility index (Phi) is 13.6. The number of nitrogens with zero attached hydrogens (tertiary/aromatic N) is 1. The first-order valence-corrected chi connectivity index (χ1v) is 20.6. The van der Waals surface area contributed by atoms with Crippen molar-refractivity contribution < 1.29 is 24.0 Å². The summed E-state index contributed by atoms with van der Waals surface area (Å²) in [7, 11) is 0. The number of benzene rings is 2. The van der Waals surface area contributed by atoms with Crippen molar-refractivity contribution in [3.63, 3.8) is 0 Å². The second-order valence-electron chi connectivity index (χ2n) is 13.7. The van der Waals surface area contributed by atoms with Gasteiger partial charge in [-0.3, -0.25) is 29.4 Å². The number of thiophene rings is 1. The number of aromatic amines is 3. The van der Waals surface area contributed by atoms with Gasteiger partial charge in [-0.2, -0.15) is 0 Å². The third-order valence-corrected chi connectivity index (χ3v) is 11.2. The van der Waals surface area contributed by atoms with Crippen LogP contribution >= 0.6 is 34.5 Å². The Labute approximate surface area is 358 Å². The quantitative estimate of drug-likeness (QED) is 0.0257. The molecule has 0 aliphatic heterocycles. The summed E-state index contributed by atoms with van der Waals surface area (Å²) in [6.07, 6.45) is 4.75. The van der Waals surface area contributed by atoms with Crippen LogP contribution in [0.1, 0.15) is 74.6 Å². The van der Waals surface area contributed by atoms with Crippen molar-refractivity contribution in [1.29, 1.82) is 5.41 Å². The SMILES string of the molecule is Cc1c(NC(=O)c2cc3cc(NC(=O)c4ccc(N(CCCl)CCCl)cc4)ccc3s2)c[nH]c1C(=O)Nc1c[nH]c(C(=O)Nc2c[nH]c(C(=O)NCCC(=N)N)c2C)c1C. The zero-order valence-electron chi connectivity index (χ0n) is 32.8. The highest BCUT2D eigenvalue weighted by atomic mass is 35.5. The van der Waals surface area contributed by atoms with Crippen molar-refractivity contribution >= 4 is 108 Å². The van der Waals surface area contributed by atoms with Crippen LogP contribution in [0.5, 0.6) is 0 Å². The van der Waals surface area contributed by atoms with Gasteiger partial charge in [-0.05, 0) is 74.7 Å². The van der Waals surface area contributed by atoms with Crippen LogP contribution in [0, 0.1) is 26.2 Å². The first kappa shape index (κ1) is 43.0. The molecule has 0 atom stereocenters. The Balaban J connectivity index is 1.05. The average Bonchev–Trinajstić information content (AvgIpc) is 4.00. The molecule has 0 spiro atoms. The van der Waals surface area contributed by atoms with Crippen LogP contribution in [0.2, 0.25) is 0 Å². The van der Waals surface area contributed by atoms with Crippen LogP contribution < -0.4 is 37.2 Å². The van der Waals surface area contributed by atoms with E-state index in [2.05, 4.69) is 46.4 Å². The zero-order chi connectivity index (χ0) is 43.1. The Hall–Kier alpha value is -6.56. The van der Waals surface area contributed by atoms with Gasteiger partial charge in [0.1, 0.15) is 17.1 Å². The summed E-state index contributed by atoms with van der Waals surface area (Å²) < 4.78 is 0.847. The lowest BCUT2D eigenvalue weighted by Gasteiger charge is -2.22. The van der Waals surface area contributed by atoms with Gasteiger partial charge in [-0.15, -0.1) is 34.5 Å². The van der Waals surface area contributed by atoms with E-state index in [1.54, 1.807) is 51.1 Å². The minimum atomic E-state index is -0.490. The Morgan fingerprint density at radius 1 is 0.683 bits per heavy atom. The van der Waals surface area contributed by atoms with E-state index in [9.17, 15) is 24.0 Å². The number of fused-ring (bicyclic) bond motifs is 1. The first-order chi connectivity index (χ1) is 28.8. The van der Waals surface area contributed by atoms with Gasteiger partial charge < -0.3 is 52.2 Å². The van der Waals surface area contributed by atoms with Crippen molar-refractivity contribution in [2.45, 2.75) is 27.2 Å². The molecule has 6 aromatic rings. The number of hydrogen-bond acceptors (Lipinski definition) is 8. The average molecular weight is 873 g/mol. The molecule has 0 aliphatic carbocycles. The van der Waals surface area contributed by atoms with E-state index in [4.69, 9.17) is 34.3 Å². The fourth-order valence-electron chi connectivity index (χ4n) is 6.37. The van der Waals surface area contributed by atoms with Gasteiger partial charge >= 0.3 is 0 Å². The van der Waals surface area contributed by atoms with Gasteiger partial charge in [0, 0.05) is 94.7 Å². The lowest BCUT2D eigenvalue weighted by Crippen LogP contribution is -2.28. The Morgan fingerprint density at radius 2 is 1.20 bits per heavy atom. The highest BCUT2D eigenvalue weighted by molar-refractivity contribution is 7.20. The molecule has 2 aromatic carbocycles. The molecule has 6 rings (SSSR count). The molecule has 19 heteroatoms. The van der Waals surface area contributed by atoms with Crippen LogP contribution in [0.4, 0.5) is 28.4 Å². The predicted molar refractivity (Wildman–Crippen MR) is 239 cm³/mol. The number of amides is 5. The highest BCUT2D eigenvalue weighted by Gasteiger charge is 2.23. The maximum Gasteiger partial charge on any atom is 0.272 e. The molecular formula is C41H43Cl2N11O5S. The monoisotopic (exact) mass is 871 g/mol. The summed E-state index contributed by atoms with van der Waals surface area (Å²) in [5.74, 6) is -1.16. The van der Waals surface area contributed by atoms with Crippen LogP contribution in [-0.4, -0.2) is 81.7 Å². The molecule has 11 N–H and O–H groups in total. The summed E-state index contributed by atoms with van der Waals surface area (Å²) in [4.78, 5) is 76.8. The summed E-state index contributed by atoms with van der Waals surface area (Å²) in [6.45, 7) is 6.53. The van der Waals surface area contributed by atoms with Crippen molar-refractivity contribution in [3.05, 3.63) is 111 Å². The largest absolute Gasteiger partial charge is 0.388 e. The van der Waals surface area contributed by atoms with E-state index in [1.807, 2.05) is 18.2 Å². The highest BCUT2D eigenvalue weighted by Crippen LogP contribution is 2.30. The second-order valence-corrected chi connectivity index (χ2v) is 15.6. The third-order valence-electron chi connectivity index (χ3n) is 9.73. The van der Waals surface area contributed by atoms with Gasteiger partial charge in [0.05, 0.1) is 27.8 Å². The molecule has 0 aliphatic rings. The number of carbonyl (C=O) groups is 5. The van der Waals surface area contributed by atoms with Crippen LogP contribution in [0.25, 0.3) is 10.1 Å². The van der Waals surface area contributed by atoms with Crippen LogP contribution in [0.15, 0.2) is 67.1 Å². The first-order valence-electron chi connectivity index (χ1n) is 18.7. The van der Waals surface area contributed by atoms with Crippen molar-refractivity contribution in [1.82, 2.24) is 20.3 Å². The molecule has 0 bridgehead atoms. The molecular weight excluding hydrogens is 829 g/mol. The second kappa shape index (κ2) is 19.0. The lowest BCUT2D eigenvalue weighted by atomic mass is 10.1. The number of anilines is 5. The van der Waals surface area contributed by atoms with E-state index in [1.165, 1.54) is 29.9 Å². The molecule has 0 radical (unpaired) electrons. The Bertz CT molecular complexity index is 2590. The number of H-pyrrole nitrogens is 3. The number of nitrogens with one attached hydrogen (secondary N) is 9. The van der Waals surface area contributed by atoms with Gasteiger partial charge in [-0.1, -0.05) is 0 Å². The molecule has 4 aromatic heterocycles. The molecule has 312 valence electrons. The molecule has 60 heavy (non-hydrogen) atoms. The summed E-state index contributed by atoms with van der Waals surface area (Å²) in [5.41, 5.74) is 10.7. The topological polar surface area (TPSA) is 246 Å². The number of alkyl halides is 2. The molecule has 0 saturated carbocycles. The number of halogens is 2. The fraction of sp³-hybridized carbons (Fsp3) is 0.220. The molecule has 0 unspecified atom stereocenters. The number of nitrogens with two attached hydrogens (primary N) is 1. The van der Waals surface area contributed by atoms with Crippen molar-refractivity contribution in [2.75, 3.05) is 57.6 Å². The van der Waals surface area contributed by atoms with E-state index in [-0.39, 0.29) is 47.7 Å². The number of carbonyl (C=O) groups excluding carboxylic acids is 5. The molecule has 0 saturated heterocycles. The van der Waals surface area contributed by atoms with Crippen LogP contribution in [0.3, 0.4) is 0 Å².